The molecule has 1 aliphatic carbocycles. The van der Waals surface area contributed by atoms with E-state index in [-0.39, 0.29) is 42.5 Å². The van der Waals surface area contributed by atoms with Gasteiger partial charge in [0.15, 0.2) is 0 Å². The van der Waals surface area contributed by atoms with Gasteiger partial charge in [0.1, 0.15) is 5.75 Å². The van der Waals surface area contributed by atoms with Gasteiger partial charge < -0.3 is 9.64 Å². The van der Waals surface area contributed by atoms with E-state index in [1.165, 1.54) is 4.90 Å². The van der Waals surface area contributed by atoms with Crippen LogP contribution in [0.2, 0.25) is 5.02 Å². The van der Waals surface area contributed by atoms with Crippen LogP contribution in [0.25, 0.3) is 0 Å². The first-order valence-electron chi connectivity index (χ1n) is 12.4. The molecule has 3 aliphatic rings. The van der Waals surface area contributed by atoms with Gasteiger partial charge in [0, 0.05) is 23.7 Å². The molecule has 188 valence electrons. The number of ether oxygens (including phenoxy) is 1. The lowest BCUT2D eigenvalue weighted by atomic mass is 9.76. The summed E-state index contributed by atoms with van der Waals surface area (Å²) >= 11 is 6.21. The molecule has 2 aromatic carbocycles. The molecular formula is C28H29ClN2O5. The van der Waals surface area contributed by atoms with E-state index in [0.717, 1.165) is 24.8 Å². The van der Waals surface area contributed by atoms with Crippen LogP contribution in [0.15, 0.2) is 36.4 Å². The third kappa shape index (κ3) is 4.19. The molecule has 36 heavy (non-hydrogen) atoms. The van der Waals surface area contributed by atoms with E-state index < -0.39 is 11.9 Å². The Morgan fingerprint density at radius 3 is 2.50 bits per heavy atom. The molecule has 2 aromatic rings. The molecule has 0 spiro atoms. The van der Waals surface area contributed by atoms with Gasteiger partial charge in [-0.2, -0.15) is 0 Å². The Bertz CT molecular complexity index is 1270. The van der Waals surface area contributed by atoms with Crippen molar-refractivity contribution in [3.63, 3.8) is 0 Å². The number of anilines is 2. The highest BCUT2D eigenvalue weighted by atomic mass is 35.5. The minimum Gasteiger partial charge on any atom is -0.426 e. The molecule has 1 saturated carbocycles. The lowest BCUT2D eigenvalue weighted by molar-refractivity contribution is -0.139. The summed E-state index contributed by atoms with van der Waals surface area (Å²) in [4.78, 5) is 54.6. The van der Waals surface area contributed by atoms with Crippen molar-refractivity contribution in [3.05, 3.63) is 52.5 Å². The summed E-state index contributed by atoms with van der Waals surface area (Å²) in [7, 11) is 0. The predicted octanol–water partition coefficient (Wildman–Crippen LogP) is 4.84. The summed E-state index contributed by atoms with van der Waals surface area (Å²) in [6.45, 7) is 5.97. The number of esters is 1. The molecule has 0 bridgehead atoms. The van der Waals surface area contributed by atoms with Crippen LogP contribution in [0, 0.1) is 37.5 Å². The second-order valence-electron chi connectivity index (χ2n) is 10.3. The molecule has 2 aliphatic heterocycles. The number of hydrogen-bond acceptors (Lipinski definition) is 5. The Labute approximate surface area is 215 Å². The highest BCUT2D eigenvalue weighted by Gasteiger charge is 2.50. The Hall–Kier alpha value is -3.19. The summed E-state index contributed by atoms with van der Waals surface area (Å²) < 4.78 is 5.61. The molecule has 8 heteroatoms. The fourth-order valence-corrected chi connectivity index (χ4v) is 5.93. The van der Waals surface area contributed by atoms with Crippen molar-refractivity contribution >= 4 is 46.7 Å². The lowest BCUT2D eigenvalue weighted by Gasteiger charge is -2.25. The largest absolute Gasteiger partial charge is 0.426 e. The smallest absolute Gasteiger partial charge is 0.316 e. The summed E-state index contributed by atoms with van der Waals surface area (Å²) in [6, 6.07) is 10.3. The Balaban J connectivity index is 1.29. The monoisotopic (exact) mass is 508 g/mol. The normalized spacial score (nSPS) is 25.9. The van der Waals surface area contributed by atoms with Gasteiger partial charge in [-0.15, -0.1) is 0 Å². The number of hydrogen-bond donors (Lipinski definition) is 0. The number of nitrogens with zero attached hydrogens (tertiary/aromatic N) is 2. The summed E-state index contributed by atoms with van der Waals surface area (Å²) in [5.41, 5.74) is 2.68. The van der Waals surface area contributed by atoms with Gasteiger partial charge in [0.05, 0.1) is 23.4 Å². The van der Waals surface area contributed by atoms with Gasteiger partial charge in [-0.1, -0.05) is 24.6 Å². The van der Waals surface area contributed by atoms with Crippen LogP contribution in [0.4, 0.5) is 11.4 Å². The number of fused-ring (bicyclic) bond motifs is 1. The molecule has 0 radical (unpaired) electrons. The van der Waals surface area contributed by atoms with E-state index in [4.69, 9.17) is 16.3 Å². The molecular weight excluding hydrogens is 480 g/mol. The second-order valence-corrected chi connectivity index (χ2v) is 10.7. The van der Waals surface area contributed by atoms with E-state index in [1.54, 1.807) is 42.2 Å². The maximum atomic E-state index is 13.1. The third-order valence-electron chi connectivity index (χ3n) is 7.80. The van der Waals surface area contributed by atoms with Crippen LogP contribution < -0.4 is 14.5 Å². The zero-order chi connectivity index (χ0) is 25.7. The molecule has 3 fully saturated rings. The van der Waals surface area contributed by atoms with Crippen LogP contribution in [0.1, 0.15) is 43.7 Å². The van der Waals surface area contributed by atoms with Gasteiger partial charge >= 0.3 is 5.97 Å². The summed E-state index contributed by atoms with van der Waals surface area (Å²) in [6.07, 6.45) is 2.50. The van der Waals surface area contributed by atoms with Crippen molar-refractivity contribution in [3.8, 4) is 5.75 Å². The molecule has 3 amide bonds. The maximum Gasteiger partial charge on any atom is 0.316 e. The molecule has 7 nitrogen and oxygen atoms in total. The number of aryl methyl sites for hydroxylation is 1. The van der Waals surface area contributed by atoms with Gasteiger partial charge in [-0.3, -0.25) is 19.2 Å². The van der Waals surface area contributed by atoms with E-state index in [1.807, 2.05) is 13.0 Å². The van der Waals surface area contributed by atoms with Gasteiger partial charge in [0.2, 0.25) is 17.7 Å². The number of halogens is 1. The van der Waals surface area contributed by atoms with Crippen LogP contribution in [-0.4, -0.2) is 30.2 Å². The second kappa shape index (κ2) is 9.36. The van der Waals surface area contributed by atoms with Crippen LogP contribution >= 0.6 is 11.6 Å². The predicted molar refractivity (Wildman–Crippen MR) is 136 cm³/mol. The first-order valence-corrected chi connectivity index (χ1v) is 12.8. The number of carbonyl (C=O) groups excluding carboxylic acids is 4. The van der Waals surface area contributed by atoms with Crippen molar-refractivity contribution in [2.24, 2.45) is 23.7 Å². The average molecular weight is 509 g/mol. The fourth-order valence-electron chi connectivity index (χ4n) is 5.76. The van der Waals surface area contributed by atoms with Gasteiger partial charge in [-0.05, 0) is 80.5 Å². The minimum absolute atomic E-state index is 0.0554. The first kappa shape index (κ1) is 24.5. The Morgan fingerprint density at radius 1 is 1.00 bits per heavy atom. The number of carbonyl (C=O) groups is 4. The summed E-state index contributed by atoms with van der Waals surface area (Å²) in [5.74, 6) is -1.26. The van der Waals surface area contributed by atoms with Gasteiger partial charge in [-0.25, -0.2) is 4.90 Å². The Morgan fingerprint density at radius 2 is 1.75 bits per heavy atom. The average Bonchev–Trinajstić information content (AvgIpc) is 3.33. The molecule has 0 unspecified atom stereocenters. The van der Waals surface area contributed by atoms with Crippen molar-refractivity contribution < 1.29 is 23.9 Å². The molecule has 2 heterocycles. The Kier molecular flexibility index (Phi) is 6.37. The third-order valence-corrected chi connectivity index (χ3v) is 8.21. The summed E-state index contributed by atoms with van der Waals surface area (Å²) in [5, 5.41) is 0.561. The zero-order valence-corrected chi connectivity index (χ0v) is 21.4. The number of benzene rings is 2. The zero-order valence-electron chi connectivity index (χ0n) is 20.6. The van der Waals surface area contributed by atoms with Crippen LogP contribution in [-0.2, 0) is 19.2 Å². The first-order chi connectivity index (χ1) is 17.2. The fraction of sp³-hybridized carbons (Fsp3) is 0.429. The van der Waals surface area contributed by atoms with Crippen molar-refractivity contribution in [1.82, 2.24) is 0 Å². The number of rotatable bonds is 4. The molecule has 4 atom stereocenters. The quantitative estimate of drug-likeness (QED) is 0.335. The van der Waals surface area contributed by atoms with Crippen molar-refractivity contribution in [1.29, 1.82) is 0 Å². The van der Waals surface area contributed by atoms with E-state index in [9.17, 15) is 19.2 Å². The molecule has 0 N–H and O–H groups in total. The topological polar surface area (TPSA) is 84.0 Å². The highest BCUT2D eigenvalue weighted by molar-refractivity contribution is 6.31. The molecule has 2 saturated heterocycles. The minimum atomic E-state index is -0.609. The SMILES string of the molecule is Cc1cc(OC(=O)[C@@H]2CC(=O)N(c3cccc(Cl)c3C)C2)ccc1N1C(=O)[C@@H]2CC[C@@H](C)C[C@H]2C1=O. The number of imide groups is 1. The van der Waals surface area contributed by atoms with Crippen molar-refractivity contribution in [2.75, 3.05) is 16.3 Å². The van der Waals surface area contributed by atoms with Crippen LogP contribution in [0.3, 0.4) is 0 Å². The van der Waals surface area contributed by atoms with E-state index in [0.29, 0.717) is 33.6 Å². The van der Waals surface area contributed by atoms with Crippen LogP contribution in [0.5, 0.6) is 5.75 Å². The maximum absolute atomic E-state index is 13.1. The standard InChI is InChI=1S/C28H29ClN2O5/c1-15-7-9-20-21(11-15)27(34)31(26(20)33)23-10-8-19(12-16(23)2)36-28(35)18-13-25(32)30(14-18)24-6-4-5-22(29)17(24)3/h4-6,8,10,12,15,18,20-21H,7,9,11,13-14H2,1-3H3/t15-,18-,20-,21-/m1/s1. The highest BCUT2D eigenvalue weighted by Crippen LogP contribution is 2.43. The van der Waals surface area contributed by atoms with E-state index >= 15 is 0 Å². The van der Waals surface area contributed by atoms with Crippen molar-refractivity contribution in [2.45, 2.75) is 46.5 Å². The van der Waals surface area contributed by atoms with Gasteiger partial charge in [0.25, 0.3) is 0 Å². The van der Waals surface area contributed by atoms with E-state index in [2.05, 4.69) is 6.92 Å². The lowest BCUT2D eigenvalue weighted by Crippen LogP contribution is -2.31. The number of amides is 3. The molecule has 5 rings (SSSR count). The molecule has 0 aromatic heterocycles.